The Kier molecular flexibility index (Phi) is 9.38. The van der Waals surface area contributed by atoms with Gasteiger partial charge in [0.15, 0.2) is 15.3 Å². The van der Waals surface area contributed by atoms with Crippen LogP contribution in [0, 0.1) is 0 Å². The van der Waals surface area contributed by atoms with Crippen molar-refractivity contribution in [3.05, 3.63) is 120 Å². The molecule has 3 heterocycles. The fraction of sp³-hybridized carbons (Fsp3) is 0.184. The molecular weight excluding hydrogens is 685 g/mol. The summed E-state index contributed by atoms with van der Waals surface area (Å²) in [6, 6.07) is 33.3. The number of carbonyl (C=O) groups excluding carboxylic acids is 2. The predicted molar refractivity (Wildman–Crippen MR) is 201 cm³/mol. The normalized spacial score (nSPS) is 12.6. The number of nitrogens with one attached hydrogen (secondary N) is 1. The highest BCUT2D eigenvalue weighted by molar-refractivity contribution is 8.01. The zero-order chi connectivity index (χ0) is 33.9. The Balaban J connectivity index is 0.916. The molecule has 3 aromatic heterocycles. The second-order valence-corrected chi connectivity index (χ2v) is 15.0. The molecule has 1 N–H and O–H groups in total. The summed E-state index contributed by atoms with van der Waals surface area (Å²) in [6.07, 6.45) is 4.24. The fourth-order valence-corrected chi connectivity index (χ4v) is 9.05. The molecule has 8 rings (SSSR count). The molecular formula is C38H32N6O3S3. The molecule has 50 heavy (non-hydrogen) atoms. The quantitative estimate of drug-likeness (QED) is 0.133. The summed E-state index contributed by atoms with van der Waals surface area (Å²) >= 11 is 4.30. The summed E-state index contributed by atoms with van der Waals surface area (Å²) in [5, 5.41) is 13.6. The minimum absolute atomic E-state index is 0.0815. The van der Waals surface area contributed by atoms with Gasteiger partial charge in [0.05, 0.1) is 27.2 Å². The topological polar surface area (TPSA) is 104 Å². The molecule has 7 aromatic rings. The highest BCUT2D eigenvalue weighted by Gasteiger charge is 2.23. The molecule has 0 saturated carbocycles. The number of amides is 1. The summed E-state index contributed by atoms with van der Waals surface area (Å²) in [6.45, 7) is 0.229. The van der Waals surface area contributed by atoms with Crippen molar-refractivity contribution in [1.82, 2.24) is 24.3 Å². The van der Waals surface area contributed by atoms with Gasteiger partial charge in [-0.25, -0.2) is 4.98 Å². The Hall–Kier alpha value is -4.91. The lowest BCUT2D eigenvalue weighted by Crippen LogP contribution is -2.18. The van der Waals surface area contributed by atoms with E-state index < -0.39 is 0 Å². The molecule has 12 heteroatoms. The van der Waals surface area contributed by atoms with Crippen molar-refractivity contribution in [2.75, 3.05) is 16.8 Å². The Morgan fingerprint density at radius 1 is 0.840 bits per heavy atom. The van der Waals surface area contributed by atoms with E-state index >= 15 is 0 Å². The molecule has 0 aliphatic heterocycles. The largest absolute Gasteiger partial charge is 0.486 e. The number of hydrogen-bond acceptors (Lipinski definition) is 9. The third-order valence-corrected chi connectivity index (χ3v) is 11.6. The highest BCUT2D eigenvalue weighted by Crippen LogP contribution is 2.35. The lowest BCUT2D eigenvalue weighted by Gasteiger charge is -2.14. The Morgan fingerprint density at radius 2 is 1.62 bits per heavy atom. The van der Waals surface area contributed by atoms with Gasteiger partial charge in [-0.05, 0) is 79.8 Å². The first-order chi connectivity index (χ1) is 24.6. The van der Waals surface area contributed by atoms with E-state index in [2.05, 4.69) is 33.7 Å². The SMILES string of the molecule is O=C(CSc1nnc(COc2ccccc2)n1-c1ccccc1)Nc1ccc2nc(SCC(=O)n3c4c(c5ccccc53)CCCC4)sc2c1. The fourth-order valence-electron chi connectivity index (χ4n) is 6.33. The summed E-state index contributed by atoms with van der Waals surface area (Å²) in [7, 11) is 0. The number of fused-ring (bicyclic) bond motifs is 4. The molecule has 1 amide bonds. The van der Waals surface area contributed by atoms with E-state index in [1.165, 1.54) is 57.9 Å². The van der Waals surface area contributed by atoms with Gasteiger partial charge < -0.3 is 10.1 Å². The maximum Gasteiger partial charge on any atom is 0.241 e. The van der Waals surface area contributed by atoms with Gasteiger partial charge in [-0.15, -0.1) is 21.5 Å². The summed E-state index contributed by atoms with van der Waals surface area (Å²) in [5.41, 5.74) is 5.91. The summed E-state index contributed by atoms with van der Waals surface area (Å²) in [4.78, 5) is 31.4. The molecule has 0 radical (unpaired) electrons. The van der Waals surface area contributed by atoms with Crippen molar-refractivity contribution >= 4 is 73.5 Å². The van der Waals surface area contributed by atoms with Crippen LogP contribution >= 0.6 is 34.9 Å². The average molecular weight is 717 g/mol. The number of hydrogen-bond donors (Lipinski definition) is 1. The van der Waals surface area contributed by atoms with E-state index in [1.54, 1.807) is 0 Å². The molecule has 250 valence electrons. The van der Waals surface area contributed by atoms with Crippen molar-refractivity contribution < 1.29 is 14.3 Å². The second-order valence-electron chi connectivity index (χ2n) is 11.8. The van der Waals surface area contributed by atoms with Gasteiger partial charge in [0, 0.05) is 22.5 Å². The third-order valence-electron chi connectivity index (χ3n) is 8.56. The Bertz CT molecular complexity index is 2320. The minimum atomic E-state index is -0.161. The van der Waals surface area contributed by atoms with E-state index in [0.29, 0.717) is 22.4 Å². The lowest BCUT2D eigenvalue weighted by atomic mass is 9.96. The molecule has 0 saturated heterocycles. The third kappa shape index (κ3) is 6.78. The van der Waals surface area contributed by atoms with Gasteiger partial charge in [0.25, 0.3) is 0 Å². The molecule has 0 bridgehead atoms. The van der Waals surface area contributed by atoms with Gasteiger partial charge in [-0.2, -0.15) is 0 Å². The van der Waals surface area contributed by atoms with Gasteiger partial charge in [0.2, 0.25) is 11.8 Å². The van der Waals surface area contributed by atoms with Crippen LogP contribution in [-0.4, -0.2) is 47.6 Å². The van der Waals surface area contributed by atoms with Gasteiger partial charge in [-0.3, -0.25) is 18.7 Å². The first-order valence-electron chi connectivity index (χ1n) is 16.4. The molecule has 4 aromatic carbocycles. The second kappa shape index (κ2) is 14.5. The maximum absolute atomic E-state index is 13.6. The average Bonchev–Trinajstić information content (AvgIpc) is 3.86. The molecule has 0 atom stereocenters. The number of carbonyl (C=O) groups is 2. The van der Waals surface area contributed by atoms with Crippen molar-refractivity contribution in [3.8, 4) is 11.4 Å². The summed E-state index contributed by atoms with van der Waals surface area (Å²) < 4.78 is 11.6. The zero-order valence-electron chi connectivity index (χ0n) is 27.0. The number of thiazole rings is 1. The van der Waals surface area contributed by atoms with Crippen LogP contribution in [0.3, 0.4) is 0 Å². The number of thioether (sulfide) groups is 2. The molecule has 0 spiro atoms. The van der Waals surface area contributed by atoms with Crippen LogP contribution in [0.2, 0.25) is 0 Å². The monoisotopic (exact) mass is 716 g/mol. The smallest absolute Gasteiger partial charge is 0.241 e. The van der Waals surface area contributed by atoms with Crippen LogP contribution in [0.4, 0.5) is 5.69 Å². The van der Waals surface area contributed by atoms with Crippen LogP contribution in [0.15, 0.2) is 113 Å². The molecule has 0 unspecified atom stereocenters. The number of aromatic nitrogens is 5. The summed E-state index contributed by atoms with van der Waals surface area (Å²) in [5.74, 6) is 1.75. The van der Waals surface area contributed by atoms with E-state index in [4.69, 9.17) is 9.72 Å². The number of benzene rings is 4. The van der Waals surface area contributed by atoms with E-state index in [-0.39, 0.29) is 24.2 Å². The molecule has 1 aliphatic carbocycles. The first-order valence-corrected chi connectivity index (χ1v) is 19.2. The maximum atomic E-state index is 13.6. The van der Waals surface area contributed by atoms with Crippen molar-refractivity contribution in [2.45, 2.75) is 41.8 Å². The minimum Gasteiger partial charge on any atom is -0.486 e. The number of para-hydroxylation sites is 3. The Labute approximate surface area is 301 Å². The van der Waals surface area contributed by atoms with Gasteiger partial charge in [-0.1, -0.05) is 78.1 Å². The lowest BCUT2D eigenvalue weighted by molar-refractivity contribution is -0.113. The van der Waals surface area contributed by atoms with Crippen LogP contribution in [0.25, 0.3) is 26.8 Å². The predicted octanol–water partition coefficient (Wildman–Crippen LogP) is 8.45. The van der Waals surface area contributed by atoms with Crippen LogP contribution in [0.1, 0.15) is 34.7 Å². The number of ether oxygens (including phenoxy) is 1. The van der Waals surface area contributed by atoms with Crippen molar-refractivity contribution in [3.63, 3.8) is 0 Å². The van der Waals surface area contributed by atoms with Crippen LogP contribution < -0.4 is 10.1 Å². The highest BCUT2D eigenvalue weighted by atomic mass is 32.2. The molecule has 0 fully saturated rings. The van der Waals surface area contributed by atoms with Crippen molar-refractivity contribution in [2.24, 2.45) is 0 Å². The van der Waals surface area contributed by atoms with Gasteiger partial charge >= 0.3 is 0 Å². The van der Waals surface area contributed by atoms with Crippen LogP contribution in [0.5, 0.6) is 5.75 Å². The van der Waals surface area contributed by atoms with E-state index in [9.17, 15) is 9.59 Å². The molecule has 1 aliphatic rings. The van der Waals surface area contributed by atoms with E-state index in [0.717, 1.165) is 50.8 Å². The number of anilines is 1. The van der Waals surface area contributed by atoms with Gasteiger partial charge in [0.1, 0.15) is 12.4 Å². The number of rotatable bonds is 11. The van der Waals surface area contributed by atoms with Crippen LogP contribution in [-0.2, 0) is 24.2 Å². The zero-order valence-corrected chi connectivity index (χ0v) is 29.4. The number of aryl methyl sites for hydroxylation is 1. The van der Waals surface area contributed by atoms with E-state index in [1.807, 2.05) is 94.1 Å². The molecule has 9 nitrogen and oxygen atoms in total. The Morgan fingerprint density at radius 3 is 2.48 bits per heavy atom. The number of nitrogens with zero attached hydrogens (tertiary/aromatic N) is 5. The van der Waals surface area contributed by atoms with Crippen molar-refractivity contribution in [1.29, 1.82) is 0 Å². The standard InChI is InChI=1S/C38H32N6O3S3/c45-35(23-48-37-42-41-34(22-47-27-13-5-2-6-14-27)43(37)26-11-3-1-4-12-26)39-25-19-20-30-33(21-25)50-38(40-30)49-24-36(46)44-31-17-9-7-15-28(31)29-16-8-10-18-32(29)44/h1-7,9,11-15,17,19-21H,8,10,16,18,22-24H2,(H,39,45). The first kappa shape index (κ1) is 32.3.